The minimum Gasteiger partial charge on any atom is -0.343 e. The van der Waals surface area contributed by atoms with Crippen LogP contribution in [0.25, 0.3) is 0 Å². The molecular weight excluding hydrogens is 266 g/mol. The summed E-state index contributed by atoms with van der Waals surface area (Å²) < 4.78 is 0. The third kappa shape index (κ3) is 4.22. The standard InChI is InChI=1S/C13H17N3O2.ClH/c1-16-8-7-14-11(13(16)18)9-12(17)15-10-5-3-2-4-6-10;/h2-6,11,14H,7-9H2,1H3,(H,15,17);1H. The first-order valence-corrected chi connectivity index (χ1v) is 6.00. The Balaban J connectivity index is 0.00000180. The molecule has 1 aliphatic rings. The second-order valence-corrected chi connectivity index (χ2v) is 4.38. The number of para-hydroxylation sites is 1. The van der Waals surface area contributed by atoms with Crippen molar-refractivity contribution in [3.8, 4) is 0 Å². The SMILES string of the molecule is CN1CCNC(CC(=O)Nc2ccccc2)C1=O.Cl. The van der Waals surface area contributed by atoms with Crippen molar-refractivity contribution in [2.45, 2.75) is 12.5 Å². The van der Waals surface area contributed by atoms with Crippen LogP contribution in [0.4, 0.5) is 5.69 Å². The topological polar surface area (TPSA) is 61.4 Å². The van der Waals surface area contributed by atoms with E-state index in [-0.39, 0.29) is 30.6 Å². The van der Waals surface area contributed by atoms with Gasteiger partial charge in [-0.3, -0.25) is 9.59 Å². The molecule has 0 radical (unpaired) electrons. The van der Waals surface area contributed by atoms with E-state index in [9.17, 15) is 9.59 Å². The fraction of sp³-hybridized carbons (Fsp3) is 0.385. The average molecular weight is 284 g/mol. The van der Waals surface area contributed by atoms with Gasteiger partial charge in [0.2, 0.25) is 11.8 Å². The number of anilines is 1. The number of nitrogens with zero attached hydrogens (tertiary/aromatic N) is 1. The molecule has 1 heterocycles. The number of carbonyl (C=O) groups is 2. The molecule has 2 N–H and O–H groups in total. The molecule has 2 rings (SSSR count). The third-order valence-corrected chi connectivity index (χ3v) is 2.96. The van der Waals surface area contributed by atoms with Gasteiger partial charge < -0.3 is 15.5 Å². The van der Waals surface area contributed by atoms with Crippen molar-refractivity contribution in [3.05, 3.63) is 30.3 Å². The van der Waals surface area contributed by atoms with Crippen molar-refractivity contribution >= 4 is 29.9 Å². The summed E-state index contributed by atoms with van der Waals surface area (Å²) in [4.78, 5) is 25.3. The predicted octanol–water partition coefficient (Wildman–Crippen LogP) is 0.867. The number of hydrogen-bond acceptors (Lipinski definition) is 3. The van der Waals surface area contributed by atoms with Gasteiger partial charge in [0.1, 0.15) is 0 Å². The molecule has 1 atom stereocenters. The Kier molecular flexibility index (Phi) is 5.79. The molecule has 5 nitrogen and oxygen atoms in total. The molecule has 104 valence electrons. The van der Waals surface area contributed by atoms with Crippen LogP contribution in [0.1, 0.15) is 6.42 Å². The first-order valence-electron chi connectivity index (χ1n) is 6.00. The van der Waals surface area contributed by atoms with Crippen LogP contribution in [0.2, 0.25) is 0 Å². The van der Waals surface area contributed by atoms with Crippen LogP contribution in [0.5, 0.6) is 0 Å². The number of piperazine rings is 1. The van der Waals surface area contributed by atoms with Gasteiger partial charge in [-0.1, -0.05) is 18.2 Å². The lowest BCUT2D eigenvalue weighted by atomic mass is 10.1. The molecule has 0 aromatic heterocycles. The Morgan fingerprint density at radius 3 is 2.79 bits per heavy atom. The molecule has 0 aliphatic carbocycles. The molecule has 6 heteroatoms. The van der Waals surface area contributed by atoms with E-state index in [1.165, 1.54) is 0 Å². The lowest BCUT2D eigenvalue weighted by Gasteiger charge is -2.29. The highest BCUT2D eigenvalue weighted by molar-refractivity contribution is 5.95. The Labute approximate surface area is 118 Å². The lowest BCUT2D eigenvalue weighted by molar-refractivity contribution is -0.136. The van der Waals surface area contributed by atoms with Crippen molar-refractivity contribution in [2.24, 2.45) is 0 Å². The Morgan fingerprint density at radius 2 is 2.11 bits per heavy atom. The van der Waals surface area contributed by atoms with Crippen LogP contribution in [0, 0.1) is 0 Å². The highest BCUT2D eigenvalue weighted by Gasteiger charge is 2.27. The number of hydrogen-bond donors (Lipinski definition) is 2. The number of nitrogens with one attached hydrogen (secondary N) is 2. The lowest BCUT2D eigenvalue weighted by Crippen LogP contribution is -2.54. The van der Waals surface area contributed by atoms with Crippen molar-refractivity contribution in [1.29, 1.82) is 0 Å². The molecule has 1 aromatic carbocycles. The first-order chi connectivity index (χ1) is 8.66. The summed E-state index contributed by atoms with van der Waals surface area (Å²) in [6.07, 6.45) is 0.165. The highest BCUT2D eigenvalue weighted by atomic mass is 35.5. The number of halogens is 1. The van der Waals surface area contributed by atoms with Crippen LogP contribution in [-0.4, -0.2) is 42.9 Å². The molecule has 1 saturated heterocycles. The van der Waals surface area contributed by atoms with Gasteiger partial charge in [-0.2, -0.15) is 0 Å². The normalized spacial score (nSPS) is 18.7. The third-order valence-electron chi connectivity index (χ3n) is 2.96. The highest BCUT2D eigenvalue weighted by Crippen LogP contribution is 2.08. The van der Waals surface area contributed by atoms with Crippen molar-refractivity contribution < 1.29 is 9.59 Å². The van der Waals surface area contributed by atoms with E-state index in [2.05, 4.69) is 10.6 Å². The molecule has 0 saturated carbocycles. The summed E-state index contributed by atoms with van der Waals surface area (Å²) >= 11 is 0. The van der Waals surface area contributed by atoms with Gasteiger partial charge >= 0.3 is 0 Å². The van der Waals surface area contributed by atoms with Gasteiger partial charge in [-0.25, -0.2) is 0 Å². The maximum Gasteiger partial charge on any atom is 0.240 e. The summed E-state index contributed by atoms with van der Waals surface area (Å²) in [5.74, 6) is -0.174. The fourth-order valence-corrected chi connectivity index (χ4v) is 1.95. The minimum absolute atomic E-state index is 0. The number of benzene rings is 1. The zero-order valence-corrected chi connectivity index (χ0v) is 11.6. The van der Waals surface area contributed by atoms with E-state index in [0.29, 0.717) is 6.54 Å². The molecule has 0 spiro atoms. The Hall–Kier alpha value is -1.59. The summed E-state index contributed by atoms with van der Waals surface area (Å²) in [5, 5.41) is 5.84. The van der Waals surface area contributed by atoms with Crippen molar-refractivity contribution in [2.75, 3.05) is 25.5 Å². The Bertz CT molecular complexity index is 439. The molecule has 0 bridgehead atoms. The summed E-state index contributed by atoms with van der Waals surface area (Å²) in [6.45, 7) is 1.42. The molecule has 1 fully saturated rings. The van der Waals surface area contributed by atoms with Crippen LogP contribution < -0.4 is 10.6 Å². The molecule has 2 amide bonds. The van der Waals surface area contributed by atoms with Crippen molar-refractivity contribution in [1.82, 2.24) is 10.2 Å². The molecule has 1 unspecified atom stereocenters. The first kappa shape index (κ1) is 15.5. The molecule has 1 aliphatic heterocycles. The second kappa shape index (κ2) is 7.11. The largest absolute Gasteiger partial charge is 0.343 e. The van der Waals surface area contributed by atoms with Crippen molar-refractivity contribution in [3.63, 3.8) is 0 Å². The van der Waals surface area contributed by atoms with E-state index >= 15 is 0 Å². The van der Waals surface area contributed by atoms with Gasteiger partial charge in [0, 0.05) is 25.8 Å². The monoisotopic (exact) mass is 283 g/mol. The fourth-order valence-electron chi connectivity index (χ4n) is 1.95. The van der Waals surface area contributed by atoms with Gasteiger partial charge in [-0.05, 0) is 12.1 Å². The number of likely N-dealkylation sites (N-methyl/N-ethyl adjacent to an activating group) is 1. The van der Waals surface area contributed by atoms with Crippen LogP contribution in [0.3, 0.4) is 0 Å². The van der Waals surface area contributed by atoms with Crippen LogP contribution in [-0.2, 0) is 9.59 Å². The Morgan fingerprint density at radius 1 is 1.42 bits per heavy atom. The maximum atomic E-state index is 11.8. The van der Waals surface area contributed by atoms with Gasteiger partial charge in [-0.15, -0.1) is 12.4 Å². The molecule has 1 aromatic rings. The van der Waals surface area contributed by atoms with Gasteiger partial charge in [0.15, 0.2) is 0 Å². The van der Waals surface area contributed by atoms with E-state index < -0.39 is 6.04 Å². The second-order valence-electron chi connectivity index (χ2n) is 4.38. The summed E-state index contributed by atoms with van der Waals surface area (Å²) in [6, 6.07) is 8.82. The van der Waals surface area contributed by atoms with E-state index in [0.717, 1.165) is 12.2 Å². The minimum atomic E-state index is -0.410. The van der Waals surface area contributed by atoms with E-state index in [4.69, 9.17) is 0 Å². The van der Waals surface area contributed by atoms with Crippen LogP contribution in [0.15, 0.2) is 30.3 Å². The van der Waals surface area contributed by atoms with E-state index in [1.807, 2.05) is 30.3 Å². The smallest absolute Gasteiger partial charge is 0.240 e. The summed E-state index contributed by atoms with van der Waals surface area (Å²) in [5.41, 5.74) is 0.749. The van der Waals surface area contributed by atoms with Gasteiger partial charge in [0.05, 0.1) is 12.5 Å². The zero-order valence-electron chi connectivity index (χ0n) is 10.8. The average Bonchev–Trinajstić information content (AvgIpc) is 2.36. The quantitative estimate of drug-likeness (QED) is 0.865. The van der Waals surface area contributed by atoms with Crippen LogP contribution >= 0.6 is 12.4 Å². The zero-order chi connectivity index (χ0) is 13.0. The molecule has 19 heavy (non-hydrogen) atoms. The summed E-state index contributed by atoms with van der Waals surface area (Å²) in [7, 11) is 1.76. The van der Waals surface area contributed by atoms with Gasteiger partial charge in [0.25, 0.3) is 0 Å². The van der Waals surface area contributed by atoms with E-state index in [1.54, 1.807) is 11.9 Å². The predicted molar refractivity (Wildman–Crippen MR) is 76.4 cm³/mol. The number of amides is 2. The number of rotatable bonds is 3. The maximum absolute atomic E-state index is 11.8. The number of carbonyl (C=O) groups excluding carboxylic acids is 2. The molecular formula is C13H18ClN3O2.